The molecular weight excluding hydrogens is 624 g/mol. The fourth-order valence-corrected chi connectivity index (χ4v) is 8.47. The molecule has 6 rings (SSSR count). The van der Waals surface area contributed by atoms with Gasteiger partial charge >= 0.3 is 12.1 Å². The molecule has 2 aromatic rings. The van der Waals surface area contributed by atoms with Crippen molar-refractivity contribution in [2.75, 3.05) is 70.5 Å². The predicted octanol–water partition coefficient (Wildman–Crippen LogP) is 4.05. The lowest BCUT2D eigenvalue weighted by Gasteiger charge is -2.41. The maximum absolute atomic E-state index is 14.1. The van der Waals surface area contributed by atoms with Crippen LogP contribution in [0.1, 0.15) is 48.8 Å². The molecule has 5 amide bonds. The Kier molecular flexibility index (Phi) is 10.3. The van der Waals surface area contributed by atoms with Crippen molar-refractivity contribution < 1.29 is 14.4 Å². The van der Waals surface area contributed by atoms with Gasteiger partial charge in [-0.2, -0.15) is 0 Å². The Balaban J connectivity index is 1.09. The molecule has 5 heterocycles. The molecule has 0 radical (unpaired) electrons. The van der Waals surface area contributed by atoms with Crippen LogP contribution in [0, 0.1) is 6.92 Å². The fourth-order valence-electron chi connectivity index (χ4n) is 7.40. The van der Waals surface area contributed by atoms with Gasteiger partial charge in [0.25, 0.3) is 0 Å². The van der Waals surface area contributed by atoms with Crippen LogP contribution in [0.2, 0.25) is 5.02 Å². The van der Waals surface area contributed by atoms with Crippen molar-refractivity contribution in [2.24, 2.45) is 0 Å². The number of urea groups is 2. The van der Waals surface area contributed by atoms with Crippen LogP contribution < -0.4 is 16.4 Å². The average Bonchev–Trinajstić information content (AvgIpc) is 3.40. The minimum atomic E-state index is -0.724. The van der Waals surface area contributed by atoms with Gasteiger partial charge in [-0.25, -0.2) is 9.59 Å². The minimum Gasteiger partial charge on any atom is -0.397 e. The SMILES string of the molecule is Cc1cc(C[C@@H](NC(=O)N2CCC(N3Cc4cscc4NC3=O)CC2)C(=O)N2CCC(N3CCCN(C)CC3)CC2)cc(Cl)c1N. The van der Waals surface area contributed by atoms with Crippen molar-refractivity contribution in [2.45, 2.75) is 70.1 Å². The third-order valence-corrected chi connectivity index (χ3v) is 11.4. The maximum atomic E-state index is 14.1. The quantitative estimate of drug-likeness (QED) is 0.400. The molecule has 0 aliphatic carbocycles. The molecule has 250 valence electrons. The number of fused-ring (bicyclic) bond motifs is 1. The zero-order valence-corrected chi connectivity index (χ0v) is 28.5. The Morgan fingerprint density at radius 1 is 1.00 bits per heavy atom. The Morgan fingerprint density at radius 2 is 1.72 bits per heavy atom. The van der Waals surface area contributed by atoms with E-state index in [-0.39, 0.29) is 24.0 Å². The van der Waals surface area contributed by atoms with E-state index in [2.05, 4.69) is 32.9 Å². The van der Waals surface area contributed by atoms with Crippen molar-refractivity contribution in [3.05, 3.63) is 44.6 Å². The number of nitrogens with two attached hydrogens (primary N) is 1. The van der Waals surface area contributed by atoms with E-state index in [9.17, 15) is 14.4 Å². The van der Waals surface area contributed by atoms with Crippen LogP contribution in [-0.4, -0.2) is 120 Å². The zero-order chi connectivity index (χ0) is 32.4. The number of benzene rings is 1. The number of hydrogen-bond acceptors (Lipinski definition) is 7. The number of likely N-dealkylation sites (N-methyl/N-ethyl adjacent to an activating group) is 1. The molecular formula is C33H47ClN8O3S. The van der Waals surface area contributed by atoms with Crippen molar-refractivity contribution in [3.63, 3.8) is 0 Å². The molecule has 0 unspecified atom stereocenters. The van der Waals surface area contributed by atoms with Crippen molar-refractivity contribution in [3.8, 4) is 0 Å². The topological polar surface area (TPSA) is 117 Å². The Morgan fingerprint density at radius 3 is 2.46 bits per heavy atom. The molecule has 3 saturated heterocycles. The summed E-state index contributed by atoms with van der Waals surface area (Å²) in [7, 11) is 2.18. The highest BCUT2D eigenvalue weighted by Gasteiger charge is 2.36. The molecule has 1 atom stereocenters. The molecule has 0 saturated carbocycles. The van der Waals surface area contributed by atoms with Gasteiger partial charge < -0.3 is 36.0 Å². The number of carbonyl (C=O) groups is 3. The van der Waals surface area contributed by atoms with E-state index in [1.807, 2.05) is 28.2 Å². The summed E-state index contributed by atoms with van der Waals surface area (Å²) in [5.41, 5.74) is 10.4. The number of nitrogens with one attached hydrogen (secondary N) is 2. The number of hydrogen-bond donors (Lipinski definition) is 3. The maximum Gasteiger partial charge on any atom is 0.322 e. The van der Waals surface area contributed by atoms with Gasteiger partial charge in [0.15, 0.2) is 0 Å². The van der Waals surface area contributed by atoms with Crippen LogP contribution in [0.5, 0.6) is 0 Å². The Hall–Kier alpha value is -3.06. The Bertz CT molecular complexity index is 1400. The van der Waals surface area contributed by atoms with E-state index in [0.29, 0.717) is 68.7 Å². The highest BCUT2D eigenvalue weighted by Crippen LogP contribution is 2.31. The van der Waals surface area contributed by atoms with Gasteiger partial charge in [-0.1, -0.05) is 17.7 Å². The van der Waals surface area contributed by atoms with Gasteiger partial charge in [-0.3, -0.25) is 9.69 Å². The van der Waals surface area contributed by atoms with E-state index < -0.39 is 6.04 Å². The number of nitrogens with zero attached hydrogens (tertiary/aromatic N) is 5. The van der Waals surface area contributed by atoms with Crippen molar-refractivity contribution >= 4 is 52.3 Å². The standard InChI is InChI=1S/C33H47ClN8O3S/c1-22-16-23(17-27(34)30(22)35)18-28(31(43)40-10-4-25(5-11-40)39-9-3-8-38(2)14-15-39)36-32(44)41-12-6-26(7-13-41)42-19-24-20-46-21-29(24)37-33(42)45/h16-17,20-21,25-26,28H,3-15,18-19,35H2,1-2H3,(H,36,44)(H,37,45)/t28-/m1/s1. The molecule has 0 bridgehead atoms. The summed E-state index contributed by atoms with van der Waals surface area (Å²) >= 11 is 8.01. The molecule has 46 heavy (non-hydrogen) atoms. The number of piperidine rings is 2. The van der Waals surface area contributed by atoms with Crippen LogP contribution in [0.15, 0.2) is 22.9 Å². The van der Waals surface area contributed by atoms with Gasteiger partial charge in [-0.15, -0.1) is 11.3 Å². The molecule has 1 aromatic carbocycles. The first kappa shape index (κ1) is 32.9. The summed E-state index contributed by atoms with van der Waals surface area (Å²) in [6.07, 6.45) is 4.75. The lowest BCUT2D eigenvalue weighted by Crippen LogP contribution is -2.57. The molecule has 11 nitrogen and oxygen atoms in total. The third kappa shape index (κ3) is 7.40. The number of amides is 5. The van der Waals surface area contributed by atoms with Gasteiger partial charge in [0.2, 0.25) is 5.91 Å². The smallest absolute Gasteiger partial charge is 0.322 e. The number of halogens is 1. The van der Waals surface area contributed by atoms with Crippen molar-refractivity contribution in [1.29, 1.82) is 0 Å². The predicted molar refractivity (Wildman–Crippen MR) is 183 cm³/mol. The summed E-state index contributed by atoms with van der Waals surface area (Å²) in [4.78, 5) is 51.1. The number of nitrogen functional groups attached to an aromatic ring is 1. The second-order valence-electron chi connectivity index (χ2n) is 13.4. The third-order valence-electron chi connectivity index (χ3n) is 10.3. The second-order valence-corrected chi connectivity index (χ2v) is 14.5. The monoisotopic (exact) mass is 670 g/mol. The average molecular weight is 671 g/mol. The van der Waals surface area contributed by atoms with E-state index in [1.165, 1.54) is 6.42 Å². The summed E-state index contributed by atoms with van der Waals surface area (Å²) in [5.74, 6) is -0.0561. The number of carbonyl (C=O) groups excluding carboxylic acids is 3. The van der Waals surface area contributed by atoms with Gasteiger partial charge in [0, 0.05) is 68.7 Å². The highest BCUT2D eigenvalue weighted by molar-refractivity contribution is 7.08. The van der Waals surface area contributed by atoms with E-state index in [4.69, 9.17) is 17.3 Å². The second kappa shape index (κ2) is 14.4. The summed E-state index contributed by atoms with van der Waals surface area (Å²) in [5, 5.41) is 10.6. The molecule has 3 fully saturated rings. The molecule has 1 aromatic heterocycles. The van der Waals surface area contributed by atoms with Crippen LogP contribution >= 0.6 is 22.9 Å². The minimum absolute atomic E-state index is 0.0559. The van der Waals surface area contributed by atoms with Crippen LogP contribution in [0.3, 0.4) is 0 Å². The first-order valence-corrected chi connectivity index (χ1v) is 17.9. The summed E-state index contributed by atoms with van der Waals surface area (Å²) in [6, 6.07) is 3.23. The molecule has 13 heteroatoms. The molecule has 4 N–H and O–H groups in total. The van der Waals surface area contributed by atoms with Crippen LogP contribution in [-0.2, 0) is 17.8 Å². The van der Waals surface area contributed by atoms with E-state index >= 15 is 0 Å². The molecule has 4 aliphatic heterocycles. The van der Waals surface area contributed by atoms with E-state index in [1.54, 1.807) is 22.3 Å². The number of aryl methyl sites for hydroxylation is 1. The first-order chi connectivity index (χ1) is 22.2. The lowest BCUT2D eigenvalue weighted by atomic mass is 9.98. The normalized spacial score (nSPS) is 21.5. The largest absolute Gasteiger partial charge is 0.397 e. The molecule has 0 spiro atoms. The van der Waals surface area contributed by atoms with Gasteiger partial charge in [-0.05, 0) is 81.7 Å². The summed E-state index contributed by atoms with van der Waals surface area (Å²) in [6.45, 7) is 9.26. The zero-order valence-electron chi connectivity index (χ0n) is 27.0. The highest BCUT2D eigenvalue weighted by atomic mass is 35.5. The fraction of sp³-hybridized carbons (Fsp3) is 0.606. The number of thiophene rings is 1. The van der Waals surface area contributed by atoms with E-state index in [0.717, 1.165) is 61.4 Å². The number of anilines is 2. The van der Waals surface area contributed by atoms with Gasteiger partial charge in [0.05, 0.1) is 22.9 Å². The van der Waals surface area contributed by atoms with Crippen LogP contribution in [0.25, 0.3) is 0 Å². The summed E-state index contributed by atoms with van der Waals surface area (Å²) < 4.78 is 0. The number of likely N-dealkylation sites (tertiary alicyclic amines) is 2. The first-order valence-electron chi connectivity index (χ1n) is 16.6. The lowest BCUT2D eigenvalue weighted by molar-refractivity contribution is -0.134. The Labute approximate surface area is 281 Å². The van der Waals surface area contributed by atoms with Crippen molar-refractivity contribution in [1.82, 2.24) is 29.8 Å². The number of rotatable bonds is 6. The molecule has 4 aliphatic rings. The van der Waals surface area contributed by atoms with Crippen LogP contribution in [0.4, 0.5) is 21.0 Å². The van der Waals surface area contributed by atoms with Gasteiger partial charge in [0.1, 0.15) is 6.04 Å².